The summed E-state index contributed by atoms with van der Waals surface area (Å²) in [6, 6.07) is 0. The lowest BCUT2D eigenvalue weighted by Crippen LogP contribution is -2.38. The van der Waals surface area contributed by atoms with E-state index in [4.69, 9.17) is 5.73 Å². The molecule has 0 aromatic rings. The van der Waals surface area contributed by atoms with Gasteiger partial charge in [0, 0.05) is 6.42 Å². The molecule has 0 bridgehead atoms. The lowest BCUT2D eigenvalue weighted by atomic mass is 9.88. The van der Waals surface area contributed by atoms with E-state index in [9.17, 15) is 21.6 Å². The van der Waals surface area contributed by atoms with Crippen molar-refractivity contribution < 1.29 is 21.6 Å². The third-order valence-corrected chi connectivity index (χ3v) is 4.52. The Labute approximate surface area is 86.7 Å². The number of hydrogen-bond acceptors (Lipinski definition) is 3. The monoisotopic (exact) mass is 245 g/mol. The Hall–Kier alpha value is -0.300. The van der Waals surface area contributed by atoms with Crippen molar-refractivity contribution in [2.45, 2.75) is 19.0 Å². The first-order valence-corrected chi connectivity index (χ1v) is 6.53. The molecule has 0 aliphatic carbocycles. The Balaban J connectivity index is 2.72. The lowest BCUT2D eigenvalue weighted by Gasteiger charge is -2.30. The van der Waals surface area contributed by atoms with Gasteiger partial charge in [0.15, 0.2) is 9.84 Å². The molecular formula is C8H14F3NO2S. The van der Waals surface area contributed by atoms with Gasteiger partial charge in [-0.1, -0.05) is 0 Å². The van der Waals surface area contributed by atoms with Crippen molar-refractivity contribution in [3.8, 4) is 0 Å². The first-order chi connectivity index (χ1) is 6.73. The quantitative estimate of drug-likeness (QED) is 0.788. The van der Waals surface area contributed by atoms with Crippen LogP contribution < -0.4 is 5.73 Å². The summed E-state index contributed by atoms with van der Waals surface area (Å²) in [7, 11) is -3.30. The van der Waals surface area contributed by atoms with Gasteiger partial charge >= 0.3 is 6.18 Å². The Morgan fingerprint density at radius 3 is 2.33 bits per heavy atom. The average Bonchev–Trinajstić information content (AvgIpc) is 1.99. The maximum absolute atomic E-state index is 12.2. The molecule has 1 rings (SSSR count). The third-order valence-electron chi connectivity index (χ3n) is 2.73. The molecule has 1 aliphatic heterocycles. The van der Waals surface area contributed by atoms with Gasteiger partial charge in [-0.2, -0.15) is 13.2 Å². The Morgan fingerprint density at radius 1 is 1.27 bits per heavy atom. The van der Waals surface area contributed by atoms with Crippen LogP contribution in [0.25, 0.3) is 0 Å². The SMILES string of the molecule is NCC1CCS(=O)(=O)CC1CC(F)(F)F. The van der Waals surface area contributed by atoms with Crippen LogP contribution >= 0.6 is 0 Å². The fourth-order valence-electron chi connectivity index (χ4n) is 1.95. The zero-order valence-electron chi connectivity index (χ0n) is 8.13. The average molecular weight is 245 g/mol. The highest BCUT2D eigenvalue weighted by molar-refractivity contribution is 7.91. The van der Waals surface area contributed by atoms with Crippen LogP contribution in [0.5, 0.6) is 0 Å². The van der Waals surface area contributed by atoms with Crippen LogP contribution in [0, 0.1) is 11.8 Å². The van der Waals surface area contributed by atoms with E-state index in [0.717, 1.165) is 0 Å². The largest absolute Gasteiger partial charge is 0.389 e. The molecule has 0 amide bonds. The highest BCUT2D eigenvalue weighted by Gasteiger charge is 2.40. The molecular weight excluding hydrogens is 231 g/mol. The van der Waals surface area contributed by atoms with Crippen LogP contribution in [0.4, 0.5) is 13.2 Å². The van der Waals surface area contributed by atoms with Crippen LogP contribution in [0.1, 0.15) is 12.8 Å². The molecule has 1 saturated heterocycles. The summed E-state index contributed by atoms with van der Waals surface area (Å²) in [4.78, 5) is 0. The molecule has 1 fully saturated rings. The molecule has 0 saturated carbocycles. The van der Waals surface area contributed by atoms with Crippen LogP contribution in [0.3, 0.4) is 0 Å². The van der Waals surface area contributed by atoms with Crippen molar-refractivity contribution in [3.63, 3.8) is 0 Å². The van der Waals surface area contributed by atoms with E-state index >= 15 is 0 Å². The summed E-state index contributed by atoms with van der Waals surface area (Å²) in [5, 5.41) is 0. The zero-order chi connectivity index (χ0) is 11.7. The molecule has 0 aromatic heterocycles. The number of nitrogens with two attached hydrogens (primary N) is 1. The van der Waals surface area contributed by atoms with E-state index in [2.05, 4.69) is 0 Å². The minimum Gasteiger partial charge on any atom is -0.330 e. The van der Waals surface area contributed by atoms with Crippen LogP contribution in [-0.4, -0.2) is 32.6 Å². The fourth-order valence-corrected chi connectivity index (χ4v) is 3.82. The second kappa shape index (κ2) is 4.29. The van der Waals surface area contributed by atoms with Crippen LogP contribution in [0.15, 0.2) is 0 Å². The Bertz CT molecular complexity index is 312. The molecule has 3 nitrogen and oxygen atoms in total. The highest BCUT2D eigenvalue weighted by Crippen LogP contribution is 2.34. The van der Waals surface area contributed by atoms with Crippen LogP contribution in [0.2, 0.25) is 0 Å². The van der Waals surface area contributed by atoms with Crippen molar-refractivity contribution in [2.24, 2.45) is 17.6 Å². The summed E-state index contributed by atoms with van der Waals surface area (Å²) >= 11 is 0. The minimum atomic E-state index is -4.31. The maximum atomic E-state index is 12.2. The summed E-state index contributed by atoms with van der Waals surface area (Å²) < 4.78 is 58.9. The van der Waals surface area contributed by atoms with Gasteiger partial charge in [0.2, 0.25) is 0 Å². The van der Waals surface area contributed by atoms with E-state index in [0.29, 0.717) is 0 Å². The van der Waals surface area contributed by atoms with Crippen molar-refractivity contribution in [1.82, 2.24) is 0 Å². The van der Waals surface area contributed by atoms with E-state index in [-0.39, 0.29) is 30.4 Å². The topological polar surface area (TPSA) is 60.2 Å². The van der Waals surface area contributed by atoms with Gasteiger partial charge < -0.3 is 5.73 Å². The third kappa shape index (κ3) is 3.98. The Kier molecular flexibility index (Phi) is 3.65. The summed E-state index contributed by atoms with van der Waals surface area (Å²) in [5.74, 6) is -1.61. The van der Waals surface area contributed by atoms with Crippen LogP contribution in [-0.2, 0) is 9.84 Å². The molecule has 7 heteroatoms. The highest BCUT2D eigenvalue weighted by atomic mass is 32.2. The molecule has 2 N–H and O–H groups in total. The second-order valence-electron chi connectivity index (χ2n) is 3.98. The maximum Gasteiger partial charge on any atom is 0.389 e. The number of hydrogen-bond donors (Lipinski definition) is 1. The molecule has 2 atom stereocenters. The Morgan fingerprint density at radius 2 is 1.87 bits per heavy atom. The minimum absolute atomic E-state index is 0.0385. The van der Waals surface area contributed by atoms with Crippen molar-refractivity contribution in [2.75, 3.05) is 18.1 Å². The second-order valence-corrected chi connectivity index (χ2v) is 6.21. The van der Waals surface area contributed by atoms with Gasteiger partial charge in [-0.25, -0.2) is 8.42 Å². The molecule has 1 heterocycles. The molecule has 15 heavy (non-hydrogen) atoms. The molecule has 0 radical (unpaired) electrons. The summed E-state index contributed by atoms with van der Waals surface area (Å²) in [6.45, 7) is 0.121. The first kappa shape index (κ1) is 12.8. The van der Waals surface area contributed by atoms with Gasteiger partial charge in [-0.3, -0.25) is 0 Å². The summed E-state index contributed by atoms with van der Waals surface area (Å²) in [5.41, 5.74) is 5.34. The van der Waals surface area contributed by atoms with Gasteiger partial charge in [0.25, 0.3) is 0 Å². The van der Waals surface area contributed by atoms with E-state index in [1.165, 1.54) is 0 Å². The first-order valence-electron chi connectivity index (χ1n) is 4.71. The molecule has 2 unspecified atom stereocenters. The van der Waals surface area contributed by atoms with Gasteiger partial charge in [-0.15, -0.1) is 0 Å². The standard InChI is InChI=1S/C8H14F3NO2S/c9-8(10,11)3-7-5-15(13,14)2-1-6(7)4-12/h6-7H,1-5,12H2. The van der Waals surface area contributed by atoms with E-state index in [1.807, 2.05) is 0 Å². The van der Waals surface area contributed by atoms with E-state index < -0.39 is 28.4 Å². The fraction of sp³-hybridized carbons (Fsp3) is 1.00. The lowest BCUT2D eigenvalue weighted by molar-refractivity contribution is -0.146. The smallest absolute Gasteiger partial charge is 0.330 e. The molecule has 0 spiro atoms. The predicted octanol–water partition coefficient (Wildman–Crippen LogP) is 0.948. The molecule has 0 aromatic carbocycles. The number of sulfone groups is 1. The van der Waals surface area contributed by atoms with Crippen molar-refractivity contribution >= 4 is 9.84 Å². The van der Waals surface area contributed by atoms with Gasteiger partial charge in [0.1, 0.15) is 0 Å². The predicted molar refractivity (Wildman–Crippen MR) is 50.0 cm³/mol. The van der Waals surface area contributed by atoms with Crippen molar-refractivity contribution in [3.05, 3.63) is 0 Å². The normalized spacial score (nSPS) is 31.5. The number of halogens is 3. The molecule has 90 valence electrons. The number of rotatable bonds is 2. The van der Waals surface area contributed by atoms with Gasteiger partial charge in [0.05, 0.1) is 11.5 Å². The summed E-state index contributed by atoms with van der Waals surface area (Å²) in [6.07, 6.45) is -5.11. The zero-order valence-corrected chi connectivity index (χ0v) is 8.94. The number of alkyl halides is 3. The van der Waals surface area contributed by atoms with Gasteiger partial charge in [-0.05, 0) is 24.8 Å². The molecule has 1 aliphatic rings. The van der Waals surface area contributed by atoms with E-state index in [1.54, 1.807) is 0 Å². The van der Waals surface area contributed by atoms with Crippen molar-refractivity contribution in [1.29, 1.82) is 0 Å².